The number of hydrogen-bond donors (Lipinski definition) is 0. The van der Waals surface area contributed by atoms with Gasteiger partial charge in [-0.3, -0.25) is 4.99 Å². The molecule has 1 aliphatic carbocycles. The van der Waals surface area contributed by atoms with Gasteiger partial charge >= 0.3 is 0 Å². The van der Waals surface area contributed by atoms with Crippen molar-refractivity contribution in [2.45, 2.75) is 31.6 Å². The maximum absolute atomic E-state index is 4.61. The summed E-state index contributed by atoms with van der Waals surface area (Å²) in [6, 6.07) is 11.0. The van der Waals surface area contributed by atoms with Crippen LogP contribution in [0.3, 0.4) is 0 Å². The Morgan fingerprint density at radius 1 is 1.18 bits per heavy atom. The topological polar surface area (TPSA) is 12.4 Å². The molecular weight excluding hydrogens is 206 g/mol. The Balaban J connectivity index is 2.14. The summed E-state index contributed by atoms with van der Waals surface area (Å²) in [7, 11) is 0. The Morgan fingerprint density at radius 3 is 3.12 bits per heavy atom. The Hall–Kier alpha value is -1.63. The summed E-state index contributed by atoms with van der Waals surface area (Å²) in [5.41, 5.74) is 4.36. The van der Waals surface area contributed by atoms with E-state index in [4.69, 9.17) is 0 Å². The molecule has 0 amide bonds. The van der Waals surface area contributed by atoms with Crippen LogP contribution in [0.5, 0.6) is 0 Å². The zero-order valence-electron chi connectivity index (χ0n) is 9.82. The summed E-state index contributed by atoms with van der Waals surface area (Å²) in [4.78, 5) is 4.61. The van der Waals surface area contributed by atoms with Crippen molar-refractivity contribution in [1.29, 1.82) is 0 Å². The molecule has 1 atom stereocenters. The van der Waals surface area contributed by atoms with Gasteiger partial charge < -0.3 is 0 Å². The fourth-order valence-corrected chi connectivity index (χ4v) is 3.44. The van der Waals surface area contributed by atoms with Crippen molar-refractivity contribution < 1.29 is 0 Å². The van der Waals surface area contributed by atoms with Crippen LogP contribution in [0.4, 0.5) is 5.69 Å². The van der Waals surface area contributed by atoms with E-state index < -0.39 is 0 Å². The number of nitrogens with zero attached hydrogens (tertiary/aromatic N) is 1. The predicted octanol–water partition coefficient (Wildman–Crippen LogP) is 4.37. The van der Waals surface area contributed by atoms with Crippen LogP contribution in [-0.2, 0) is 6.42 Å². The zero-order valence-corrected chi connectivity index (χ0v) is 9.82. The van der Waals surface area contributed by atoms with Crippen LogP contribution in [-0.4, -0.2) is 6.21 Å². The number of hydrogen-bond acceptors (Lipinski definition) is 1. The lowest BCUT2D eigenvalue weighted by Crippen LogP contribution is -2.13. The second-order valence-corrected chi connectivity index (χ2v) is 5.15. The fraction of sp³-hybridized carbons (Fsp3) is 0.312. The lowest BCUT2D eigenvalue weighted by Gasteiger charge is -2.29. The van der Waals surface area contributed by atoms with E-state index in [1.54, 1.807) is 11.1 Å². The van der Waals surface area contributed by atoms with Gasteiger partial charge in [0.25, 0.3) is 0 Å². The average molecular weight is 221 g/mol. The normalized spacial score (nSPS) is 21.5. The molecule has 17 heavy (non-hydrogen) atoms. The molecule has 1 unspecified atom stereocenters. The molecule has 0 radical (unpaired) electrons. The molecule has 2 aliphatic rings. The highest BCUT2D eigenvalue weighted by molar-refractivity contribution is 5.92. The third-order valence-electron chi connectivity index (χ3n) is 4.19. The maximum Gasteiger partial charge on any atom is 0.0669 e. The molecule has 0 spiro atoms. The van der Waals surface area contributed by atoms with E-state index >= 15 is 0 Å². The van der Waals surface area contributed by atoms with Gasteiger partial charge in [-0.2, -0.15) is 0 Å². The lowest BCUT2D eigenvalue weighted by atomic mass is 9.77. The molecule has 2 aromatic rings. The summed E-state index contributed by atoms with van der Waals surface area (Å²) in [6.45, 7) is 0. The van der Waals surface area contributed by atoms with E-state index in [1.165, 1.54) is 35.7 Å². The van der Waals surface area contributed by atoms with Crippen molar-refractivity contribution >= 4 is 22.7 Å². The third-order valence-corrected chi connectivity index (χ3v) is 4.19. The van der Waals surface area contributed by atoms with Crippen molar-refractivity contribution in [3.05, 3.63) is 41.5 Å². The van der Waals surface area contributed by atoms with Gasteiger partial charge in [0.15, 0.2) is 0 Å². The zero-order chi connectivity index (χ0) is 11.2. The molecule has 2 aromatic carbocycles. The van der Waals surface area contributed by atoms with E-state index in [2.05, 4.69) is 41.5 Å². The Morgan fingerprint density at radius 2 is 2.12 bits per heavy atom. The number of rotatable bonds is 0. The van der Waals surface area contributed by atoms with Crippen LogP contribution in [0.25, 0.3) is 10.8 Å². The van der Waals surface area contributed by atoms with Gasteiger partial charge in [0, 0.05) is 6.21 Å². The largest absolute Gasteiger partial charge is 0.261 e. The minimum Gasteiger partial charge on any atom is -0.261 e. The van der Waals surface area contributed by atoms with Gasteiger partial charge in [0.05, 0.1) is 5.69 Å². The minimum absolute atomic E-state index is 0.732. The fourth-order valence-electron chi connectivity index (χ4n) is 3.44. The van der Waals surface area contributed by atoms with Crippen LogP contribution >= 0.6 is 0 Å². The molecule has 1 nitrogen and oxygen atoms in total. The first kappa shape index (κ1) is 9.41. The van der Waals surface area contributed by atoms with Gasteiger partial charge in [-0.25, -0.2) is 0 Å². The summed E-state index contributed by atoms with van der Waals surface area (Å²) >= 11 is 0. The summed E-state index contributed by atoms with van der Waals surface area (Å²) in [6.07, 6.45) is 7.15. The monoisotopic (exact) mass is 221 g/mol. The van der Waals surface area contributed by atoms with Gasteiger partial charge in [-0.15, -0.1) is 0 Å². The molecule has 0 N–H and O–H groups in total. The second kappa shape index (κ2) is 3.43. The first-order valence-corrected chi connectivity index (χ1v) is 6.50. The van der Waals surface area contributed by atoms with Crippen LogP contribution in [0.1, 0.15) is 36.3 Å². The van der Waals surface area contributed by atoms with E-state index in [9.17, 15) is 0 Å². The van der Waals surface area contributed by atoms with E-state index in [1.807, 2.05) is 0 Å². The molecule has 84 valence electrons. The number of aliphatic imine (C=N–C) groups is 1. The van der Waals surface area contributed by atoms with Crippen LogP contribution < -0.4 is 0 Å². The Bertz CT molecular complexity index is 625. The molecule has 0 bridgehead atoms. The molecule has 1 aliphatic heterocycles. The highest BCUT2D eigenvalue weighted by Crippen LogP contribution is 2.45. The van der Waals surface area contributed by atoms with Gasteiger partial charge in [0.2, 0.25) is 0 Å². The highest BCUT2D eigenvalue weighted by Gasteiger charge is 2.26. The number of benzene rings is 2. The quantitative estimate of drug-likeness (QED) is 0.626. The number of fused-ring (bicyclic) bond motifs is 2. The Labute approximate surface area is 101 Å². The van der Waals surface area contributed by atoms with Crippen LogP contribution in [0, 0.1) is 0 Å². The van der Waals surface area contributed by atoms with Crippen molar-refractivity contribution in [2.75, 3.05) is 0 Å². The van der Waals surface area contributed by atoms with Crippen molar-refractivity contribution in [3.63, 3.8) is 0 Å². The molecule has 4 rings (SSSR count). The molecular formula is C16H15N. The first-order chi connectivity index (χ1) is 8.43. The third kappa shape index (κ3) is 1.28. The number of aryl methyl sites for hydroxylation is 1. The van der Waals surface area contributed by atoms with Crippen molar-refractivity contribution in [2.24, 2.45) is 4.99 Å². The maximum atomic E-state index is 4.61. The molecule has 0 saturated carbocycles. The van der Waals surface area contributed by atoms with Gasteiger partial charge in [-0.05, 0) is 59.6 Å². The van der Waals surface area contributed by atoms with Gasteiger partial charge in [-0.1, -0.05) is 24.3 Å². The summed E-state index contributed by atoms with van der Waals surface area (Å²) < 4.78 is 0. The van der Waals surface area contributed by atoms with Crippen LogP contribution in [0.15, 0.2) is 35.3 Å². The van der Waals surface area contributed by atoms with E-state index in [0.717, 1.165) is 12.3 Å². The minimum atomic E-state index is 0.732. The van der Waals surface area contributed by atoms with Crippen LogP contribution in [0.2, 0.25) is 0 Å². The smallest absolute Gasteiger partial charge is 0.0669 e. The highest BCUT2D eigenvalue weighted by atomic mass is 14.7. The standard InChI is InChI=1S/C16H15N/c1-2-6-13-12(4-1)10-15-16-11(8-9-17-15)5-3-7-14(13)16/h1-2,4,6,9-11H,3,5,7-8H2. The lowest BCUT2D eigenvalue weighted by molar-refractivity contribution is 0.569. The molecule has 0 saturated heterocycles. The summed E-state index contributed by atoms with van der Waals surface area (Å²) in [5, 5.41) is 2.80. The second-order valence-electron chi connectivity index (χ2n) is 5.15. The van der Waals surface area contributed by atoms with Crippen molar-refractivity contribution in [1.82, 2.24) is 0 Å². The molecule has 1 heterocycles. The first-order valence-electron chi connectivity index (χ1n) is 6.50. The van der Waals surface area contributed by atoms with E-state index in [-0.39, 0.29) is 0 Å². The molecule has 0 aromatic heterocycles. The van der Waals surface area contributed by atoms with Crippen molar-refractivity contribution in [3.8, 4) is 0 Å². The van der Waals surface area contributed by atoms with E-state index in [0.29, 0.717) is 0 Å². The molecule has 0 fully saturated rings. The SMILES string of the molecule is C1=Nc2cc3ccccc3c3c2C(C1)CCC3. The molecule has 1 heteroatoms. The Kier molecular flexibility index (Phi) is 1.90. The van der Waals surface area contributed by atoms with Gasteiger partial charge in [0.1, 0.15) is 0 Å². The summed E-state index contributed by atoms with van der Waals surface area (Å²) in [5.74, 6) is 0.732. The average Bonchev–Trinajstić information content (AvgIpc) is 2.39. The predicted molar refractivity (Wildman–Crippen MR) is 72.4 cm³/mol.